The molecule has 1 aromatic rings. The molecule has 0 saturated heterocycles. The predicted molar refractivity (Wildman–Crippen MR) is 72.3 cm³/mol. The van der Waals surface area contributed by atoms with E-state index in [0.29, 0.717) is 18.3 Å². The zero-order chi connectivity index (χ0) is 14.3. The van der Waals surface area contributed by atoms with E-state index in [2.05, 4.69) is 29.1 Å². The maximum absolute atomic E-state index is 8.99. The van der Waals surface area contributed by atoms with Gasteiger partial charge in [-0.2, -0.15) is 0 Å². The van der Waals surface area contributed by atoms with E-state index in [-0.39, 0.29) is 12.0 Å². The second-order valence-electron chi connectivity index (χ2n) is 5.11. The van der Waals surface area contributed by atoms with Crippen molar-refractivity contribution in [2.45, 2.75) is 26.8 Å². The van der Waals surface area contributed by atoms with Gasteiger partial charge in [0.25, 0.3) is 0 Å². The minimum Gasteiger partial charge on any atom is -0.481 e. The molecule has 6 heteroatoms. The Morgan fingerprint density at radius 1 is 1.21 bits per heavy atom. The van der Waals surface area contributed by atoms with Crippen molar-refractivity contribution in [1.82, 2.24) is 15.3 Å². The van der Waals surface area contributed by atoms with E-state index in [4.69, 9.17) is 14.6 Å². The van der Waals surface area contributed by atoms with Crippen LogP contribution in [-0.4, -0.2) is 42.4 Å². The molecule has 0 aliphatic carbocycles. The standard InChI is InChI=1S/C13H23N3O3/c1-13(2,5-6-17)8-14-7-10-11(18-3)15-9-16-12(10)19-4/h9,14,17H,5-8H2,1-4H3. The lowest BCUT2D eigenvalue weighted by Gasteiger charge is -2.24. The fraction of sp³-hybridized carbons (Fsp3) is 0.692. The Morgan fingerprint density at radius 2 is 1.79 bits per heavy atom. The second kappa shape index (κ2) is 7.25. The van der Waals surface area contributed by atoms with Gasteiger partial charge in [0.05, 0.1) is 19.8 Å². The normalized spacial score (nSPS) is 11.4. The van der Waals surface area contributed by atoms with Crippen LogP contribution in [0.2, 0.25) is 0 Å². The molecule has 108 valence electrons. The third kappa shape index (κ3) is 4.65. The molecule has 1 aromatic heterocycles. The summed E-state index contributed by atoms with van der Waals surface area (Å²) in [7, 11) is 3.14. The number of nitrogens with one attached hydrogen (secondary N) is 1. The molecule has 19 heavy (non-hydrogen) atoms. The quantitative estimate of drug-likeness (QED) is 0.733. The molecule has 2 N–H and O–H groups in total. The molecule has 1 heterocycles. The fourth-order valence-electron chi connectivity index (χ4n) is 1.80. The minimum atomic E-state index is 0.0326. The first-order valence-corrected chi connectivity index (χ1v) is 6.27. The SMILES string of the molecule is COc1ncnc(OC)c1CNCC(C)(C)CCO. The van der Waals surface area contributed by atoms with Crippen LogP contribution < -0.4 is 14.8 Å². The third-order valence-electron chi connectivity index (χ3n) is 2.95. The van der Waals surface area contributed by atoms with Crippen LogP contribution in [-0.2, 0) is 6.54 Å². The summed E-state index contributed by atoms with van der Waals surface area (Å²) in [6.07, 6.45) is 2.16. The van der Waals surface area contributed by atoms with Gasteiger partial charge in [0.2, 0.25) is 11.8 Å². The van der Waals surface area contributed by atoms with Crippen molar-refractivity contribution in [1.29, 1.82) is 0 Å². The Labute approximate surface area is 114 Å². The van der Waals surface area contributed by atoms with Crippen LogP contribution in [0.15, 0.2) is 6.33 Å². The summed E-state index contributed by atoms with van der Waals surface area (Å²) in [6, 6.07) is 0. The van der Waals surface area contributed by atoms with Crippen molar-refractivity contribution in [3.8, 4) is 11.8 Å². The van der Waals surface area contributed by atoms with E-state index in [0.717, 1.165) is 18.5 Å². The summed E-state index contributed by atoms with van der Waals surface area (Å²) in [5, 5.41) is 12.3. The Balaban J connectivity index is 2.67. The van der Waals surface area contributed by atoms with Crippen LogP contribution in [0.5, 0.6) is 11.8 Å². The molecule has 1 rings (SSSR count). The topological polar surface area (TPSA) is 76.5 Å². The Hall–Kier alpha value is -1.40. The molecule has 0 amide bonds. The van der Waals surface area contributed by atoms with Gasteiger partial charge in [-0.1, -0.05) is 13.8 Å². The molecular formula is C13H23N3O3. The number of rotatable bonds is 8. The van der Waals surface area contributed by atoms with E-state index in [1.54, 1.807) is 14.2 Å². The maximum atomic E-state index is 8.99. The van der Waals surface area contributed by atoms with Crippen molar-refractivity contribution >= 4 is 0 Å². The Morgan fingerprint density at radius 3 is 2.26 bits per heavy atom. The summed E-state index contributed by atoms with van der Waals surface area (Å²) >= 11 is 0. The molecule has 0 fully saturated rings. The highest BCUT2D eigenvalue weighted by molar-refractivity contribution is 5.34. The van der Waals surface area contributed by atoms with Crippen LogP contribution >= 0.6 is 0 Å². The fourth-order valence-corrected chi connectivity index (χ4v) is 1.80. The van der Waals surface area contributed by atoms with Crippen molar-refractivity contribution in [2.24, 2.45) is 5.41 Å². The number of aromatic nitrogens is 2. The van der Waals surface area contributed by atoms with Gasteiger partial charge in [-0.3, -0.25) is 0 Å². The van der Waals surface area contributed by atoms with Crippen LogP contribution in [0.3, 0.4) is 0 Å². The van der Waals surface area contributed by atoms with Crippen molar-refractivity contribution < 1.29 is 14.6 Å². The lowest BCUT2D eigenvalue weighted by molar-refractivity contribution is 0.206. The third-order valence-corrected chi connectivity index (χ3v) is 2.95. The van der Waals surface area contributed by atoms with Gasteiger partial charge in [0, 0.05) is 19.7 Å². The molecule has 0 saturated carbocycles. The van der Waals surface area contributed by atoms with E-state index in [1.165, 1.54) is 6.33 Å². The predicted octanol–water partition coefficient (Wildman–Crippen LogP) is 0.992. The number of methoxy groups -OCH3 is 2. The molecule has 6 nitrogen and oxygen atoms in total. The molecular weight excluding hydrogens is 246 g/mol. The van der Waals surface area contributed by atoms with Crippen LogP contribution in [0.25, 0.3) is 0 Å². The van der Waals surface area contributed by atoms with E-state index in [1.807, 2.05) is 0 Å². The largest absolute Gasteiger partial charge is 0.481 e. The maximum Gasteiger partial charge on any atom is 0.224 e. The van der Waals surface area contributed by atoms with Gasteiger partial charge in [0.1, 0.15) is 6.33 Å². The van der Waals surface area contributed by atoms with Crippen LogP contribution in [0, 0.1) is 5.41 Å². The van der Waals surface area contributed by atoms with Crippen molar-refractivity contribution in [3.63, 3.8) is 0 Å². The highest BCUT2D eigenvalue weighted by Gasteiger charge is 2.18. The first-order valence-electron chi connectivity index (χ1n) is 6.27. The molecule has 0 aliphatic heterocycles. The van der Waals surface area contributed by atoms with Crippen LogP contribution in [0.4, 0.5) is 0 Å². The first kappa shape index (κ1) is 15.7. The Kier molecular flexibility index (Phi) is 5.98. The van der Waals surface area contributed by atoms with Gasteiger partial charge < -0.3 is 19.9 Å². The van der Waals surface area contributed by atoms with Gasteiger partial charge in [-0.15, -0.1) is 0 Å². The summed E-state index contributed by atoms with van der Waals surface area (Å²) < 4.78 is 10.4. The number of ether oxygens (including phenoxy) is 2. The molecule has 0 aliphatic rings. The average Bonchev–Trinajstić information content (AvgIpc) is 2.38. The lowest BCUT2D eigenvalue weighted by atomic mass is 9.90. The molecule has 0 radical (unpaired) electrons. The average molecular weight is 269 g/mol. The number of aliphatic hydroxyl groups is 1. The number of aliphatic hydroxyl groups excluding tert-OH is 1. The number of nitrogens with zero attached hydrogens (tertiary/aromatic N) is 2. The monoisotopic (exact) mass is 269 g/mol. The highest BCUT2D eigenvalue weighted by atomic mass is 16.5. The smallest absolute Gasteiger partial charge is 0.224 e. The lowest BCUT2D eigenvalue weighted by Crippen LogP contribution is -2.30. The summed E-state index contributed by atoms with van der Waals surface area (Å²) in [4.78, 5) is 8.13. The molecule has 0 spiro atoms. The van der Waals surface area contributed by atoms with Gasteiger partial charge in [0.15, 0.2) is 0 Å². The minimum absolute atomic E-state index is 0.0326. The highest BCUT2D eigenvalue weighted by Crippen LogP contribution is 2.24. The molecule has 0 unspecified atom stereocenters. The van der Waals surface area contributed by atoms with Crippen molar-refractivity contribution in [3.05, 3.63) is 11.9 Å². The number of hydrogen-bond acceptors (Lipinski definition) is 6. The molecule has 0 aromatic carbocycles. The summed E-state index contributed by atoms with van der Waals surface area (Å²) in [6.45, 7) is 5.73. The van der Waals surface area contributed by atoms with E-state index in [9.17, 15) is 0 Å². The van der Waals surface area contributed by atoms with Gasteiger partial charge in [-0.05, 0) is 11.8 Å². The van der Waals surface area contributed by atoms with Crippen LogP contribution in [0.1, 0.15) is 25.8 Å². The first-order chi connectivity index (χ1) is 9.04. The van der Waals surface area contributed by atoms with Gasteiger partial charge in [-0.25, -0.2) is 9.97 Å². The van der Waals surface area contributed by atoms with Gasteiger partial charge >= 0.3 is 0 Å². The van der Waals surface area contributed by atoms with Crippen molar-refractivity contribution in [2.75, 3.05) is 27.4 Å². The van der Waals surface area contributed by atoms with E-state index < -0.39 is 0 Å². The Bertz CT molecular complexity index is 374. The second-order valence-corrected chi connectivity index (χ2v) is 5.11. The number of hydrogen-bond donors (Lipinski definition) is 2. The molecule has 0 atom stereocenters. The molecule has 0 bridgehead atoms. The zero-order valence-electron chi connectivity index (χ0n) is 12.1. The summed E-state index contributed by atoms with van der Waals surface area (Å²) in [5.74, 6) is 1.03. The zero-order valence-corrected chi connectivity index (χ0v) is 12.1. The van der Waals surface area contributed by atoms with E-state index >= 15 is 0 Å². The summed E-state index contributed by atoms with van der Waals surface area (Å²) in [5.41, 5.74) is 0.831.